The van der Waals surface area contributed by atoms with Crippen LogP contribution in [-0.4, -0.2) is 51.0 Å². The normalized spacial score (nSPS) is 17.0. The van der Waals surface area contributed by atoms with E-state index in [0.717, 1.165) is 6.42 Å². The third kappa shape index (κ3) is 2.91. The minimum absolute atomic E-state index is 0.0484. The fourth-order valence-corrected chi connectivity index (χ4v) is 3.68. The van der Waals surface area contributed by atoms with Gasteiger partial charge in [-0.05, 0) is 24.6 Å². The van der Waals surface area contributed by atoms with E-state index in [1.54, 1.807) is 17.6 Å². The van der Waals surface area contributed by atoms with Crippen molar-refractivity contribution in [3.05, 3.63) is 46.6 Å². The highest BCUT2D eigenvalue weighted by Gasteiger charge is 2.26. The Bertz CT molecular complexity index is 1250. The molecule has 29 heavy (non-hydrogen) atoms. The van der Waals surface area contributed by atoms with Crippen molar-refractivity contribution in [2.45, 2.75) is 18.9 Å². The van der Waals surface area contributed by atoms with Crippen LogP contribution in [0.25, 0.3) is 28.1 Å². The number of fused-ring (bicyclic) bond motifs is 3. The summed E-state index contributed by atoms with van der Waals surface area (Å²) in [7, 11) is 1.55. The highest BCUT2D eigenvalue weighted by Crippen LogP contribution is 2.27. The van der Waals surface area contributed by atoms with E-state index in [0.29, 0.717) is 48.0 Å². The van der Waals surface area contributed by atoms with E-state index in [2.05, 4.69) is 15.1 Å². The largest absolute Gasteiger partial charge is 0.383 e. The van der Waals surface area contributed by atoms with Crippen LogP contribution < -0.4 is 5.56 Å². The molecule has 1 aliphatic rings. The molecule has 0 spiro atoms. The Hall–Kier alpha value is -3.11. The minimum atomic E-state index is -0.427. The lowest BCUT2D eigenvalue weighted by molar-refractivity contribution is 0.187. The van der Waals surface area contributed by atoms with Gasteiger partial charge in [0.2, 0.25) is 11.7 Å². The number of rotatable bonds is 5. The summed E-state index contributed by atoms with van der Waals surface area (Å²) in [5, 5.41) is 4.03. The van der Waals surface area contributed by atoms with Gasteiger partial charge in [0.05, 0.1) is 30.2 Å². The molecule has 1 saturated heterocycles. The second kappa shape index (κ2) is 7.05. The second-order valence-corrected chi connectivity index (χ2v) is 6.91. The van der Waals surface area contributed by atoms with Gasteiger partial charge in [-0.1, -0.05) is 5.16 Å². The monoisotopic (exact) mass is 399 g/mol. The zero-order valence-corrected chi connectivity index (χ0v) is 15.7. The highest BCUT2D eigenvalue weighted by atomic mass is 19.1. The summed E-state index contributed by atoms with van der Waals surface area (Å²) in [6, 6.07) is 4.29. The molecule has 0 bridgehead atoms. The fourth-order valence-electron chi connectivity index (χ4n) is 3.68. The van der Waals surface area contributed by atoms with Crippen molar-refractivity contribution in [2.75, 3.05) is 26.9 Å². The quantitative estimate of drug-likeness (QED) is 0.506. The molecular weight excluding hydrogens is 381 g/mol. The lowest BCUT2D eigenvalue weighted by atomic mass is 10.1. The molecule has 10 heteroatoms. The first kappa shape index (κ1) is 18.0. The molecule has 1 atom stereocenters. The van der Waals surface area contributed by atoms with Crippen molar-refractivity contribution >= 4 is 16.6 Å². The van der Waals surface area contributed by atoms with E-state index < -0.39 is 5.82 Å². The highest BCUT2D eigenvalue weighted by molar-refractivity contribution is 5.83. The lowest BCUT2D eigenvalue weighted by Gasteiger charge is -2.12. The molecular formula is C19H18FN5O4. The van der Waals surface area contributed by atoms with Crippen LogP contribution in [0.1, 0.15) is 18.2 Å². The summed E-state index contributed by atoms with van der Waals surface area (Å²) in [5.41, 5.74) is 1.39. The predicted molar refractivity (Wildman–Crippen MR) is 100 cm³/mol. The first-order valence-electron chi connectivity index (χ1n) is 9.27. The van der Waals surface area contributed by atoms with Crippen LogP contribution in [0, 0.1) is 5.82 Å². The van der Waals surface area contributed by atoms with Gasteiger partial charge in [0.15, 0.2) is 0 Å². The maximum absolute atomic E-state index is 13.9. The number of hydrogen-bond acceptors (Lipinski definition) is 7. The van der Waals surface area contributed by atoms with Gasteiger partial charge in [-0.25, -0.2) is 9.37 Å². The van der Waals surface area contributed by atoms with Crippen LogP contribution in [0.2, 0.25) is 0 Å². The molecule has 0 saturated carbocycles. The Morgan fingerprint density at radius 3 is 3.03 bits per heavy atom. The zero-order valence-electron chi connectivity index (χ0n) is 15.7. The van der Waals surface area contributed by atoms with E-state index in [9.17, 15) is 9.18 Å². The van der Waals surface area contributed by atoms with Crippen molar-refractivity contribution in [1.82, 2.24) is 24.1 Å². The van der Waals surface area contributed by atoms with E-state index in [-0.39, 0.29) is 23.8 Å². The molecule has 150 valence electrons. The van der Waals surface area contributed by atoms with Crippen molar-refractivity contribution in [3.8, 4) is 11.5 Å². The van der Waals surface area contributed by atoms with Crippen LogP contribution >= 0.6 is 0 Å². The number of aromatic nitrogens is 5. The Balaban J connectivity index is 1.72. The second-order valence-electron chi connectivity index (χ2n) is 6.91. The summed E-state index contributed by atoms with van der Waals surface area (Å²) >= 11 is 0. The van der Waals surface area contributed by atoms with Crippen LogP contribution in [0.5, 0.6) is 0 Å². The third-order valence-electron chi connectivity index (χ3n) is 5.15. The zero-order chi connectivity index (χ0) is 20.0. The molecule has 0 N–H and O–H groups in total. The van der Waals surface area contributed by atoms with Crippen LogP contribution in [0.15, 0.2) is 33.8 Å². The van der Waals surface area contributed by atoms with Crippen LogP contribution in [-0.2, 0) is 16.0 Å². The van der Waals surface area contributed by atoms with E-state index in [4.69, 9.17) is 14.0 Å². The molecule has 1 fully saturated rings. The molecule has 4 heterocycles. The summed E-state index contributed by atoms with van der Waals surface area (Å²) in [6.07, 6.45) is 2.33. The predicted octanol–water partition coefficient (Wildman–Crippen LogP) is 1.99. The Morgan fingerprint density at radius 1 is 1.34 bits per heavy atom. The van der Waals surface area contributed by atoms with Crippen LogP contribution in [0.3, 0.4) is 0 Å². The smallest absolute Gasteiger partial charge is 0.277 e. The number of nitrogens with zero attached hydrogens (tertiary/aromatic N) is 5. The molecule has 1 aliphatic heterocycles. The molecule has 0 aliphatic carbocycles. The van der Waals surface area contributed by atoms with E-state index in [1.807, 2.05) is 0 Å². The van der Waals surface area contributed by atoms with E-state index in [1.165, 1.54) is 23.0 Å². The van der Waals surface area contributed by atoms with Gasteiger partial charge in [-0.2, -0.15) is 4.98 Å². The SMILES string of the molecule is COCCn1c(=O)c2c(-c3noc(C4CCOC4)n3)ncn2c2ccc(F)cc21. The molecule has 0 radical (unpaired) electrons. The maximum atomic E-state index is 13.9. The Morgan fingerprint density at radius 2 is 2.24 bits per heavy atom. The number of imidazole rings is 1. The van der Waals surface area contributed by atoms with Crippen molar-refractivity contribution in [3.63, 3.8) is 0 Å². The van der Waals surface area contributed by atoms with Crippen molar-refractivity contribution in [1.29, 1.82) is 0 Å². The van der Waals surface area contributed by atoms with Crippen molar-refractivity contribution in [2.24, 2.45) is 0 Å². The van der Waals surface area contributed by atoms with Gasteiger partial charge in [-0.3, -0.25) is 9.20 Å². The number of ether oxygens (including phenoxy) is 2. The van der Waals surface area contributed by atoms with Gasteiger partial charge in [-0.15, -0.1) is 0 Å². The average Bonchev–Trinajstić information content (AvgIpc) is 3.46. The first-order chi connectivity index (χ1) is 14.2. The van der Waals surface area contributed by atoms with E-state index >= 15 is 0 Å². The summed E-state index contributed by atoms with van der Waals surface area (Å²) < 4.78 is 32.9. The molecule has 3 aromatic heterocycles. The molecule has 1 unspecified atom stereocenters. The maximum Gasteiger partial charge on any atom is 0.277 e. The Kier molecular flexibility index (Phi) is 4.36. The fraction of sp³-hybridized carbons (Fsp3) is 0.368. The summed E-state index contributed by atoms with van der Waals surface area (Å²) in [5.74, 6) is 0.337. The molecule has 4 aromatic rings. The van der Waals surface area contributed by atoms with Gasteiger partial charge in [0.25, 0.3) is 5.56 Å². The number of halogens is 1. The van der Waals surface area contributed by atoms with Crippen LogP contribution in [0.4, 0.5) is 4.39 Å². The lowest BCUT2D eigenvalue weighted by Crippen LogP contribution is -2.25. The number of methoxy groups -OCH3 is 1. The van der Waals surface area contributed by atoms with Gasteiger partial charge in [0, 0.05) is 20.3 Å². The molecule has 0 amide bonds. The first-order valence-corrected chi connectivity index (χ1v) is 9.27. The topological polar surface area (TPSA) is 96.7 Å². The van der Waals surface area contributed by atoms with Gasteiger partial charge < -0.3 is 18.6 Å². The number of benzene rings is 1. The third-order valence-corrected chi connectivity index (χ3v) is 5.15. The molecule has 9 nitrogen and oxygen atoms in total. The standard InChI is InChI=1S/C19H18FN5O4/c1-27-7-5-24-14-8-12(20)2-3-13(14)25-10-21-15(16(25)19(24)26)17-22-18(29-23-17)11-4-6-28-9-11/h2-3,8,10-11H,4-7,9H2,1H3. The minimum Gasteiger partial charge on any atom is -0.383 e. The molecule has 1 aromatic carbocycles. The summed E-state index contributed by atoms with van der Waals surface area (Å²) in [4.78, 5) is 22.1. The van der Waals surface area contributed by atoms with Crippen molar-refractivity contribution < 1.29 is 18.4 Å². The Labute approximate surface area is 163 Å². The van der Waals surface area contributed by atoms with Gasteiger partial charge >= 0.3 is 0 Å². The van der Waals surface area contributed by atoms with Gasteiger partial charge in [0.1, 0.15) is 23.4 Å². The number of hydrogen-bond donors (Lipinski definition) is 0. The molecule has 5 rings (SSSR count). The summed E-state index contributed by atoms with van der Waals surface area (Å²) in [6.45, 7) is 1.76. The average molecular weight is 399 g/mol.